The second kappa shape index (κ2) is 5.70. The molecule has 2 rings (SSSR count). The van der Waals surface area contributed by atoms with Crippen LogP contribution < -0.4 is 5.73 Å². The molecule has 4 heteroatoms. The van der Waals surface area contributed by atoms with Crippen molar-refractivity contribution in [2.75, 3.05) is 0 Å². The van der Waals surface area contributed by atoms with Crippen LogP contribution >= 0.6 is 0 Å². The highest BCUT2D eigenvalue weighted by atomic mass is 16.2. The van der Waals surface area contributed by atoms with Crippen LogP contribution in [0.3, 0.4) is 0 Å². The Balaban J connectivity index is 2.01. The van der Waals surface area contributed by atoms with Gasteiger partial charge in [-0.05, 0) is 45.2 Å². The van der Waals surface area contributed by atoms with Crippen molar-refractivity contribution in [3.63, 3.8) is 0 Å². The largest absolute Gasteiger partial charge is 0.334 e. The summed E-state index contributed by atoms with van der Waals surface area (Å²) in [5.74, 6) is 0.142. The van der Waals surface area contributed by atoms with Gasteiger partial charge < -0.3 is 10.6 Å². The van der Waals surface area contributed by atoms with Gasteiger partial charge in [-0.25, -0.2) is 0 Å². The molecular formula is C15H23N3O. The molecule has 4 nitrogen and oxygen atoms in total. The van der Waals surface area contributed by atoms with Crippen molar-refractivity contribution < 1.29 is 4.79 Å². The average molecular weight is 261 g/mol. The number of rotatable bonds is 5. The SMILES string of the molecule is CC(C)N(Cc1ccccn1)C(=O)CC1(N)CCC1. The number of pyridine rings is 1. The number of hydrogen-bond acceptors (Lipinski definition) is 3. The molecule has 0 bridgehead atoms. The van der Waals surface area contributed by atoms with Crippen LogP contribution in [0.25, 0.3) is 0 Å². The van der Waals surface area contributed by atoms with Gasteiger partial charge >= 0.3 is 0 Å². The summed E-state index contributed by atoms with van der Waals surface area (Å²) in [4.78, 5) is 18.6. The molecule has 1 heterocycles. The fraction of sp³-hybridized carbons (Fsp3) is 0.600. The van der Waals surface area contributed by atoms with Crippen molar-refractivity contribution >= 4 is 5.91 Å². The lowest BCUT2D eigenvalue weighted by Gasteiger charge is -2.39. The lowest BCUT2D eigenvalue weighted by atomic mass is 9.75. The first kappa shape index (κ1) is 14.0. The number of carbonyl (C=O) groups is 1. The first-order valence-corrected chi connectivity index (χ1v) is 6.98. The predicted octanol–water partition coefficient (Wildman–Crippen LogP) is 2.09. The predicted molar refractivity (Wildman–Crippen MR) is 75.3 cm³/mol. The van der Waals surface area contributed by atoms with Crippen molar-refractivity contribution in [3.8, 4) is 0 Å². The minimum Gasteiger partial charge on any atom is -0.334 e. The summed E-state index contributed by atoms with van der Waals surface area (Å²) < 4.78 is 0. The molecule has 1 saturated carbocycles. The highest BCUT2D eigenvalue weighted by Crippen LogP contribution is 2.32. The van der Waals surface area contributed by atoms with E-state index in [0.29, 0.717) is 13.0 Å². The maximum atomic E-state index is 12.4. The Hall–Kier alpha value is -1.42. The van der Waals surface area contributed by atoms with Gasteiger partial charge in [0.25, 0.3) is 0 Å². The zero-order chi connectivity index (χ0) is 13.9. The van der Waals surface area contributed by atoms with Crippen LogP contribution in [0.15, 0.2) is 24.4 Å². The van der Waals surface area contributed by atoms with E-state index in [2.05, 4.69) is 4.98 Å². The van der Waals surface area contributed by atoms with E-state index >= 15 is 0 Å². The number of amides is 1. The third kappa shape index (κ3) is 3.53. The molecule has 2 N–H and O–H groups in total. The van der Waals surface area contributed by atoms with Gasteiger partial charge in [0.1, 0.15) is 0 Å². The Morgan fingerprint density at radius 3 is 2.68 bits per heavy atom. The Bertz CT molecular complexity index is 426. The van der Waals surface area contributed by atoms with E-state index in [0.717, 1.165) is 25.0 Å². The van der Waals surface area contributed by atoms with Crippen molar-refractivity contribution in [1.82, 2.24) is 9.88 Å². The van der Waals surface area contributed by atoms with Gasteiger partial charge in [-0.2, -0.15) is 0 Å². The van der Waals surface area contributed by atoms with Gasteiger partial charge in [0, 0.05) is 24.2 Å². The summed E-state index contributed by atoms with van der Waals surface area (Å²) >= 11 is 0. The molecule has 0 aromatic carbocycles. The van der Waals surface area contributed by atoms with Crippen molar-refractivity contribution in [2.24, 2.45) is 5.73 Å². The molecule has 1 aliphatic rings. The molecule has 19 heavy (non-hydrogen) atoms. The van der Waals surface area contributed by atoms with Crippen molar-refractivity contribution in [2.45, 2.75) is 57.7 Å². The van der Waals surface area contributed by atoms with E-state index in [4.69, 9.17) is 5.73 Å². The van der Waals surface area contributed by atoms with Gasteiger partial charge in [0.15, 0.2) is 0 Å². The van der Waals surface area contributed by atoms with Gasteiger partial charge in [-0.15, -0.1) is 0 Å². The molecule has 0 spiro atoms. The maximum Gasteiger partial charge on any atom is 0.225 e. The number of aromatic nitrogens is 1. The van der Waals surface area contributed by atoms with Crippen LogP contribution in [0.1, 0.15) is 45.2 Å². The molecule has 104 valence electrons. The summed E-state index contributed by atoms with van der Waals surface area (Å²) in [7, 11) is 0. The van der Waals surface area contributed by atoms with Crippen molar-refractivity contribution in [1.29, 1.82) is 0 Å². The zero-order valence-corrected chi connectivity index (χ0v) is 11.8. The van der Waals surface area contributed by atoms with Gasteiger partial charge in [0.2, 0.25) is 5.91 Å². The van der Waals surface area contributed by atoms with E-state index in [1.165, 1.54) is 0 Å². The van der Waals surface area contributed by atoms with Gasteiger partial charge in [-0.1, -0.05) is 6.07 Å². The zero-order valence-electron chi connectivity index (χ0n) is 11.8. The van der Waals surface area contributed by atoms with Crippen LogP contribution in [0.2, 0.25) is 0 Å². The van der Waals surface area contributed by atoms with Crippen LogP contribution in [-0.2, 0) is 11.3 Å². The standard InChI is InChI=1S/C15H23N3O/c1-12(2)18(11-13-6-3-4-9-17-13)14(19)10-15(16)7-5-8-15/h3-4,6,9,12H,5,7-8,10-11,16H2,1-2H3. The second-order valence-electron chi connectivity index (χ2n) is 5.83. The van der Waals surface area contributed by atoms with Crippen molar-refractivity contribution in [3.05, 3.63) is 30.1 Å². The van der Waals surface area contributed by atoms with E-state index in [9.17, 15) is 4.79 Å². The second-order valence-corrected chi connectivity index (χ2v) is 5.83. The van der Waals surface area contributed by atoms with Gasteiger partial charge in [0.05, 0.1) is 12.2 Å². The lowest BCUT2D eigenvalue weighted by Crippen LogP contribution is -2.51. The molecule has 1 amide bonds. The van der Waals surface area contributed by atoms with E-state index < -0.39 is 0 Å². The Morgan fingerprint density at radius 1 is 1.47 bits per heavy atom. The topological polar surface area (TPSA) is 59.2 Å². The summed E-state index contributed by atoms with van der Waals surface area (Å²) in [6.07, 6.45) is 5.29. The smallest absolute Gasteiger partial charge is 0.225 e. The minimum absolute atomic E-state index is 0.142. The van der Waals surface area contributed by atoms with Crippen LogP contribution in [0, 0.1) is 0 Å². The number of carbonyl (C=O) groups excluding carboxylic acids is 1. The molecule has 0 aliphatic heterocycles. The quantitative estimate of drug-likeness (QED) is 0.883. The minimum atomic E-state index is -0.256. The molecule has 1 fully saturated rings. The highest BCUT2D eigenvalue weighted by molar-refractivity contribution is 5.77. The van der Waals surface area contributed by atoms with E-state index in [1.807, 2.05) is 36.9 Å². The maximum absolute atomic E-state index is 12.4. The fourth-order valence-electron chi connectivity index (χ4n) is 2.44. The molecule has 1 aliphatic carbocycles. The molecule has 0 unspecified atom stereocenters. The normalized spacial score (nSPS) is 17.1. The lowest BCUT2D eigenvalue weighted by molar-refractivity contribution is -0.135. The van der Waals surface area contributed by atoms with Crippen LogP contribution in [-0.4, -0.2) is 27.4 Å². The third-order valence-electron chi connectivity index (χ3n) is 3.85. The monoisotopic (exact) mass is 261 g/mol. The Morgan fingerprint density at radius 2 is 2.21 bits per heavy atom. The number of nitrogens with two attached hydrogens (primary N) is 1. The number of hydrogen-bond donors (Lipinski definition) is 1. The Kier molecular flexibility index (Phi) is 4.20. The summed E-state index contributed by atoms with van der Waals surface area (Å²) in [5, 5.41) is 0. The molecule has 0 radical (unpaired) electrons. The van der Waals surface area contributed by atoms with Crippen LogP contribution in [0.5, 0.6) is 0 Å². The molecule has 1 aromatic rings. The third-order valence-corrected chi connectivity index (χ3v) is 3.85. The van der Waals surface area contributed by atoms with Crippen LogP contribution in [0.4, 0.5) is 0 Å². The van der Waals surface area contributed by atoms with E-state index in [-0.39, 0.29) is 17.5 Å². The van der Waals surface area contributed by atoms with Gasteiger partial charge in [-0.3, -0.25) is 9.78 Å². The summed E-state index contributed by atoms with van der Waals surface area (Å²) in [6, 6.07) is 5.94. The Labute approximate surface area is 115 Å². The van der Waals surface area contributed by atoms with E-state index in [1.54, 1.807) is 6.20 Å². The first-order valence-electron chi connectivity index (χ1n) is 6.98. The first-order chi connectivity index (χ1) is 9.00. The molecule has 0 saturated heterocycles. The summed E-state index contributed by atoms with van der Waals surface area (Å²) in [6.45, 7) is 4.63. The number of nitrogens with zero attached hydrogens (tertiary/aromatic N) is 2. The molecule has 1 aromatic heterocycles. The molecule has 0 atom stereocenters. The fourth-order valence-corrected chi connectivity index (χ4v) is 2.44. The highest BCUT2D eigenvalue weighted by Gasteiger charge is 2.36. The molecular weight excluding hydrogens is 238 g/mol. The summed E-state index contributed by atoms with van der Waals surface area (Å²) in [5.41, 5.74) is 6.84. The average Bonchev–Trinajstić information content (AvgIpc) is 2.34.